The van der Waals surface area contributed by atoms with Crippen LogP contribution in [0.25, 0.3) is 10.6 Å². The van der Waals surface area contributed by atoms with Gasteiger partial charge in [0.2, 0.25) is 0 Å². The van der Waals surface area contributed by atoms with Crippen LogP contribution in [0.5, 0.6) is 0 Å². The van der Waals surface area contributed by atoms with Crippen molar-refractivity contribution in [1.29, 1.82) is 0 Å². The van der Waals surface area contributed by atoms with Crippen LogP contribution in [0.3, 0.4) is 0 Å². The maximum absolute atomic E-state index is 4.39. The molecule has 2 aromatic rings. The van der Waals surface area contributed by atoms with Gasteiger partial charge in [-0.25, -0.2) is 0 Å². The van der Waals surface area contributed by atoms with Crippen LogP contribution in [-0.2, 0) is 13.0 Å². The largest absolute Gasteiger partial charge is 0.316 e. The highest BCUT2D eigenvalue weighted by atomic mass is 32.1. The van der Waals surface area contributed by atoms with Crippen LogP contribution >= 0.6 is 11.3 Å². The van der Waals surface area contributed by atoms with Gasteiger partial charge in [0.05, 0.1) is 4.88 Å². The molecular weight excluding hydrogens is 206 g/mol. The van der Waals surface area contributed by atoms with E-state index in [0.717, 1.165) is 18.7 Å². The Morgan fingerprint density at radius 2 is 2.40 bits per heavy atom. The second kappa shape index (κ2) is 4.59. The van der Waals surface area contributed by atoms with Gasteiger partial charge in [-0.05, 0) is 24.9 Å². The van der Waals surface area contributed by atoms with E-state index in [-0.39, 0.29) is 0 Å². The predicted octanol–water partition coefficient (Wildman–Crippen LogP) is 2.42. The van der Waals surface area contributed by atoms with Crippen LogP contribution in [0, 0.1) is 0 Å². The van der Waals surface area contributed by atoms with Gasteiger partial charge in [0, 0.05) is 17.8 Å². The lowest BCUT2D eigenvalue weighted by Gasteiger charge is -2.02. The molecule has 2 heterocycles. The molecule has 0 saturated heterocycles. The van der Waals surface area contributed by atoms with Crippen molar-refractivity contribution in [2.75, 3.05) is 7.05 Å². The fourth-order valence-electron chi connectivity index (χ4n) is 1.68. The highest BCUT2D eigenvalue weighted by Crippen LogP contribution is 2.27. The van der Waals surface area contributed by atoms with Crippen LogP contribution in [-0.4, -0.2) is 17.2 Å². The van der Waals surface area contributed by atoms with Gasteiger partial charge < -0.3 is 5.32 Å². The lowest BCUT2D eigenvalue weighted by atomic mass is 10.1. The zero-order valence-corrected chi connectivity index (χ0v) is 9.82. The molecule has 2 rings (SSSR count). The van der Waals surface area contributed by atoms with Crippen molar-refractivity contribution in [1.82, 2.24) is 15.5 Å². The first kappa shape index (κ1) is 10.4. The Labute approximate surface area is 93.5 Å². The van der Waals surface area contributed by atoms with Crippen molar-refractivity contribution in [2.45, 2.75) is 19.9 Å². The van der Waals surface area contributed by atoms with Gasteiger partial charge in [-0.2, -0.15) is 5.10 Å². The second-order valence-corrected chi connectivity index (χ2v) is 4.34. The van der Waals surface area contributed by atoms with E-state index in [4.69, 9.17) is 0 Å². The maximum Gasteiger partial charge on any atom is 0.107 e. The summed E-state index contributed by atoms with van der Waals surface area (Å²) in [6.45, 7) is 3.01. The van der Waals surface area contributed by atoms with Gasteiger partial charge in [0.1, 0.15) is 5.69 Å². The number of hydrogen-bond donors (Lipinski definition) is 2. The topological polar surface area (TPSA) is 40.7 Å². The Balaban J connectivity index is 2.43. The minimum absolute atomic E-state index is 0.868. The fourth-order valence-corrected chi connectivity index (χ4v) is 2.42. The van der Waals surface area contributed by atoms with Gasteiger partial charge in [0.15, 0.2) is 0 Å². The van der Waals surface area contributed by atoms with Crippen LogP contribution in [0.2, 0.25) is 0 Å². The normalized spacial score (nSPS) is 10.8. The average molecular weight is 221 g/mol. The summed E-state index contributed by atoms with van der Waals surface area (Å²) in [5.74, 6) is 0. The molecule has 15 heavy (non-hydrogen) atoms. The number of aryl methyl sites for hydroxylation is 1. The second-order valence-electron chi connectivity index (χ2n) is 3.39. The molecule has 0 saturated carbocycles. The summed E-state index contributed by atoms with van der Waals surface area (Å²) in [4.78, 5) is 1.23. The molecular formula is C11H15N3S. The summed E-state index contributed by atoms with van der Waals surface area (Å²) in [7, 11) is 1.96. The number of hydrogen-bond acceptors (Lipinski definition) is 3. The van der Waals surface area contributed by atoms with Gasteiger partial charge in [-0.3, -0.25) is 5.10 Å². The first-order valence-electron chi connectivity index (χ1n) is 5.11. The van der Waals surface area contributed by atoms with Gasteiger partial charge >= 0.3 is 0 Å². The van der Waals surface area contributed by atoms with Gasteiger partial charge in [-0.15, -0.1) is 11.3 Å². The first-order chi connectivity index (χ1) is 7.36. The lowest BCUT2D eigenvalue weighted by Crippen LogP contribution is -2.07. The summed E-state index contributed by atoms with van der Waals surface area (Å²) in [6, 6.07) is 4.17. The Kier molecular flexibility index (Phi) is 3.18. The van der Waals surface area contributed by atoms with Crippen LogP contribution in [0.4, 0.5) is 0 Å². The average Bonchev–Trinajstić information content (AvgIpc) is 2.85. The Morgan fingerprint density at radius 3 is 3.00 bits per heavy atom. The molecule has 0 atom stereocenters. The highest BCUT2D eigenvalue weighted by Gasteiger charge is 2.13. The summed E-state index contributed by atoms with van der Waals surface area (Å²) < 4.78 is 0. The molecule has 2 aromatic heterocycles. The summed E-state index contributed by atoms with van der Waals surface area (Å²) in [6.07, 6.45) is 0.995. The van der Waals surface area contributed by atoms with E-state index in [1.165, 1.54) is 16.1 Å². The number of aromatic nitrogens is 2. The Bertz CT molecular complexity index is 417. The number of thiophene rings is 1. The van der Waals surface area contributed by atoms with E-state index in [1.54, 1.807) is 11.3 Å². The Hall–Kier alpha value is -1.13. The highest BCUT2D eigenvalue weighted by molar-refractivity contribution is 7.13. The standard InChI is InChI=1S/C11H15N3S/c1-3-9-8(7-12-2)11(14-13-9)10-5-4-6-15-10/h4-6,12H,3,7H2,1-2H3,(H,13,14). The molecule has 80 valence electrons. The number of nitrogens with one attached hydrogen (secondary N) is 2. The molecule has 3 nitrogen and oxygen atoms in total. The molecule has 4 heteroatoms. The van der Waals surface area contributed by atoms with E-state index in [2.05, 4.69) is 40.0 Å². The summed E-state index contributed by atoms with van der Waals surface area (Å²) >= 11 is 1.73. The van der Waals surface area contributed by atoms with Gasteiger partial charge in [0.25, 0.3) is 0 Å². The molecule has 2 N–H and O–H groups in total. The van der Waals surface area contributed by atoms with E-state index < -0.39 is 0 Å². The molecule has 0 unspecified atom stereocenters. The van der Waals surface area contributed by atoms with Crippen molar-refractivity contribution < 1.29 is 0 Å². The van der Waals surface area contributed by atoms with Crippen molar-refractivity contribution in [3.8, 4) is 10.6 Å². The van der Waals surface area contributed by atoms with Gasteiger partial charge in [-0.1, -0.05) is 13.0 Å². The number of nitrogens with zero attached hydrogens (tertiary/aromatic N) is 1. The van der Waals surface area contributed by atoms with Crippen molar-refractivity contribution in [3.05, 3.63) is 28.8 Å². The lowest BCUT2D eigenvalue weighted by molar-refractivity contribution is 0.805. The van der Waals surface area contributed by atoms with Crippen molar-refractivity contribution in [3.63, 3.8) is 0 Å². The molecule has 0 aromatic carbocycles. The zero-order chi connectivity index (χ0) is 10.7. The number of H-pyrrole nitrogens is 1. The monoisotopic (exact) mass is 221 g/mol. The molecule has 0 aliphatic rings. The quantitative estimate of drug-likeness (QED) is 0.832. The fraction of sp³-hybridized carbons (Fsp3) is 0.364. The van der Waals surface area contributed by atoms with Crippen molar-refractivity contribution >= 4 is 11.3 Å². The van der Waals surface area contributed by atoms with E-state index in [1.807, 2.05) is 7.05 Å². The van der Waals surface area contributed by atoms with Crippen LogP contribution in [0.1, 0.15) is 18.2 Å². The maximum atomic E-state index is 4.39. The third-order valence-electron chi connectivity index (χ3n) is 2.41. The SMILES string of the molecule is CCc1[nH]nc(-c2cccs2)c1CNC. The third-order valence-corrected chi connectivity index (χ3v) is 3.29. The molecule has 0 spiro atoms. The Morgan fingerprint density at radius 1 is 1.53 bits per heavy atom. The molecule has 0 amide bonds. The summed E-state index contributed by atoms with van der Waals surface area (Å²) in [5.41, 5.74) is 3.62. The van der Waals surface area contributed by atoms with E-state index in [9.17, 15) is 0 Å². The molecule has 0 aliphatic heterocycles. The van der Waals surface area contributed by atoms with Crippen molar-refractivity contribution in [2.24, 2.45) is 0 Å². The number of aromatic amines is 1. The van der Waals surface area contributed by atoms with Crippen LogP contribution < -0.4 is 5.32 Å². The van der Waals surface area contributed by atoms with E-state index >= 15 is 0 Å². The minimum Gasteiger partial charge on any atom is -0.316 e. The predicted molar refractivity (Wildman–Crippen MR) is 64.0 cm³/mol. The molecule has 0 bridgehead atoms. The molecule has 0 fully saturated rings. The number of rotatable bonds is 4. The third kappa shape index (κ3) is 1.96. The zero-order valence-electron chi connectivity index (χ0n) is 9.00. The van der Waals surface area contributed by atoms with E-state index in [0.29, 0.717) is 0 Å². The molecule has 0 radical (unpaired) electrons. The van der Waals surface area contributed by atoms with Crippen LogP contribution in [0.15, 0.2) is 17.5 Å². The smallest absolute Gasteiger partial charge is 0.107 e. The first-order valence-corrected chi connectivity index (χ1v) is 5.99. The minimum atomic E-state index is 0.868. The summed E-state index contributed by atoms with van der Waals surface area (Å²) in [5, 5.41) is 12.8. The molecule has 0 aliphatic carbocycles.